The van der Waals surface area contributed by atoms with Crippen LogP contribution in [-0.4, -0.2) is 4.98 Å². The second kappa shape index (κ2) is 2.72. The minimum absolute atomic E-state index is 0.639. The fourth-order valence-corrected chi connectivity index (χ4v) is 2.84. The van der Waals surface area contributed by atoms with Gasteiger partial charge in [0.05, 0.1) is 5.69 Å². The Hall–Kier alpha value is -1.06. The summed E-state index contributed by atoms with van der Waals surface area (Å²) in [6.07, 6.45) is 0.941. The Morgan fingerprint density at radius 2 is 2.29 bits per heavy atom. The number of nitrogen functional groups attached to an aromatic ring is 1. The number of hydrogen-bond acceptors (Lipinski definition) is 3. The molecule has 0 aliphatic heterocycles. The monoisotopic (exact) mass is 222 g/mol. The summed E-state index contributed by atoms with van der Waals surface area (Å²) < 4.78 is 0. The first-order valence-corrected chi connectivity index (χ1v) is 5.47. The Morgan fingerprint density at radius 3 is 3.14 bits per heavy atom. The molecule has 2 N–H and O–H groups in total. The van der Waals surface area contributed by atoms with Gasteiger partial charge in [0.15, 0.2) is 5.13 Å². The van der Waals surface area contributed by atoms with Crippen molar-refractivity contribution in [3.8, 4) is 11.3 Å². The van der Waals surface area contributed by atoms with E-state index in [4.69, 9.17) is 17.3 Å². The van der Waals surface area contributed by atoms with Crippen LogP contribution < -0.4 is 5.73 Å². The minimum atomic E-state index is 0.639. The first-order valence-electron chi connectivity index (χ1n) is 4.28. The molecule has 0 saturated heterocycles. The summed E-state index contributed by atoms with van der Waals surface area (Å²) in [6.45, 7) is 0. The van der Waals surface area contributed by atoms with E-state index in [0.717, 1.165) is 22.7 Å². The van der Waals surface area contributed by atoms with Crippen LogP contribution in [0.3, 0.4) is 0 Å². The number of halogens is 1. The minimum Gasteiger partial charge on any atom is -0.375 e. The zero-order valence-electron chi connectivity index (χ0n) is 7.25. The van der Waals surface area contributed by atoms with Crippen LogP contribution in [0.25, 0.3) is 11.3 Å². The van der Waals surface area contributed by atoms with Crippen LogP contribution in [0.15, 0.2) is 18.2 Å². The molecule has 1 aliphatic carbocycles. The van der Waals surface area contributed by atoms with E-state index in [1.54, 1.807) is 11.3 Å². The molecule has 0 bridgehead atoms. The Labute approximate surface area is 90.4 Å². The van der Waals surface area contributed by atoms with E-state index >= 15 is 0 Å². The van der Waals surface area contributed by atoms with Gasteiger partial charge in [-0.1, -0.05) is 17.7 Å². The molecule has 70 valence electrons. The van der Waals surface area contributed by atoms with E-state index in [1.807, 2.05) is 12.1 Å². The topological polar surface area (TPSA) is 38.9 Å². The van der Waals surface area contributed by atoms with Gasteiger partial charge in [-0.3, -0.25) is 0 Å². The predicted molar refractivity (Wildman–Crippen MR) is 59.8 cm³/mol. The van der Waals surface area contributed by atoms with Crippen LogP contribution in [0, 0.1) is 0 Å². The number of nitrogens with zero attached hydrogens (tertiary/aromatic N) is 1. The molecular weight excluding hydrogens is 216 g/mol. The fourth-order valence-electron chi connectivity index (χ4n) is 1.80. The summed E-state index contributed by atoms with van der Waals surface area (Å²) in [7, 11) is 0. The van der Waals surface area contributed by atoms with Crippen molar-refractivity contribution in [1.82, 2.24) is 4.98 Å². The van der Waals surface area contributed by atoms with Crippen molar-refractivity contribution in [2.45, 2.75) is 6.42 Å². The van der Waals surface area contributed by atoms with Gasteiger partial charge in [0, 0.05) is 21.9 Å². The SMILES string of the molecule is Nc1nc2c(s1)Cc1ccc(Cl)cc1-2. The quantitative estimate of drug-likeness (QED) is 0.635. The summed E-state index contributed by atoms with van der Waals surface area (Å²) in [6, 6.07) is 5.93. The molecule has 0 atom stereocenters. The molecule has 1 aliphatic rings. The van der Waals surface area contributed by atoms with Crippen molar-refractivity contribution in [2.24, 2.45) is 0 Å². The molecule has 4 heteroatoms. The number of benzene rings is 1. The highest BCUT2D eigenvalue weighted by atomic mass is 35.5. The number of rotatable bonds is 0. The van der Waals surface area contributed by atoms with Crippen LogP contribution in [0.1, 0.15) is 10.4 Å². The lowest BCUT2D eigenvalue weighted by Crippen LogP contribution is -1.84. The van der Waals surface area contributed by atoms with Crippen LogP contribution >= 0.6 is 22.9 Å². The zero-order chi connectivity index (χ0) is 9.71. The highest BCUT2D eigenvalue weighted by Crippen LogP contribution is 2.41. The van der Waals surface area contributed by atoms with Gasteiger partial charge in [0.2, 0.25) is 0 Å². The maximum atomic E-state index is 5.94. The Morgan fingerprint density at radius 1 is 1.43 bits per heavy atom. The Bertz CT molecular complexity index is 519. The van der Waals surface area contributed by atoms with Gasteiger partial charge in [0.25, 0.3) is 0 Å². The van der Waals surface area contributed by atoms with Gasteiger partial charge in [-0.2, -0.15) is 0 Å². The maximum Gasteiger partial charge on any atom is 0.180 e. The van der Waals surface area contributed by atoms with Crippen LogP contribution in [0.2, 0.25) is 5.02 Å². The maximum absolute atomic E-state index is 5.94. The molecule has 0 fully saturated rings. The van der Waals surface area contributed by atoms with Gasteiger partial charge >= 0.3 is 0 Å². The fraction of sp³-hybridized carbons (Fsp3) is 0.100. The molecule has 1 aromatic carbocycles. The lowest BCUT2D eigenvalue weighted by atomic mass is 10.1. The molecule has 0 spiro atoms. The third-order valence-corrected chi connectivity index (χ3v) is 3.51. The number of anilines is 1. The summed E-state index contributed by atoms with van der Waals surface area (Å²) in [5.41, 5.74) is 9.11. The Balaban J connectivity index is 2.28. The summed E-state index contributed by atoms with van der Waals surface area (Å²) in [4.78, 5) is 5.56. The molecular formula is C10H7ClN2S. The average Bonchev–Trinajstić information content (AvgIpc) is 2.62. The molecule has 0 amide bonds. The molecule has 0 radical (unpaired) electrons. The number of fused-ring (bicyclic) bond motifs is 3. The van der Waals surface area contributed by atoms with Gasteiger partial charge in [-0.05, 0) is 17.7 Å². The number of nitrogens with two attached hydrogens (primary N) is 1. The first kappa shape index (κ1) is 8.26. The second-order valence-corrected chi connectivity index (χ2v) is 4.85. The average molecular weight is 223 g/mol. The van der Waals surface area contributed by atoms with Crippen molar-refractivity contribution >= 4 is 28.1 Å². The van der Waals surface area contributed by atoms with Crippen LogP contribution in [0.5, 0.6) is 0 Å². The van der Waals surface area contributed by atoms with E-state index in [0.29, 0.717) is 5.13 Å². The largest absolute Gasteiger partial charge is 0.375 e. The smallest absolute Gasteiger partial charge is 0.180 e. The van der Waals surface area contributed by atoms with Crippen molar-refractivity contribution in [1.29, 1.82) is 0 Å². The van der Waals surface area contributed by atoms with Crippen molar-refractivity contribution in [2.75, 3.05) is 5.73 Å². The van der Waals surface area contributed by atoms with Gasteiger partial charge in [0.1, 0.15) is 0 Å². The zero-order valence-corrected chi connectivity index (χ0v) is 8.82. The first-order chi connectivity index (χ1) is 6.74. The summed E-state index contributed by atoms with van der Waals surface area (Å²) >= 11 is 7.50. The van der Waals surface area contributed by atoms with E-state index in [9.17, 15) is 0 Å². The molecule has 14 heavy (non-hydrogen) atoms. The second-order valence-electron chi connectivity index (χ2n) is 3.30. The number of thiazole rings is 1. The Kier molecular flexibility index (Phi) is 1.60. The predicted octanol–water partition coefficient (Wildman–Crippen LogP) is 2.95. The normalized spacial score (nSPS) is 12.6. The lowest BCUT2D eigenvalue weighted by Gasteiger charge is -1.98. The van der Waals surface area contributed by atoms with Gasteiger partial charge < -0.3 is 5.73 Å². The third kappa shape index (κ3) is 1.06. The van der Waals surface area contributed by atoms with E-state index in [-0.39, 0.29) is 0 Å². The molecule has 2 aromatic rings. The molecule has 1 aromatic heterocycles. The lowest BCUT2D eigenvalue weighted by molar-refractivity contribution is 1.31. The molecule has 3 rings (SSSR count). The molecule has 0 unspecified atom stereocenters. The third-order valence-electron chi connectivity index (χ3n) is 2.39. The number of aromatic nitrogens is 1. The summed E-state index contributed by atoms with van der Waals surface area (Å²) in [5, 5.41) is 1.39. The van der Waals surface area contributed by atoms with Crippen LogP contribution in [0.4, 0.5) is 5.13 Å². The van der Waals surface area contributed by atoms with Crippen molar-refractivity contribution < 1.29 is 0 Å². The highest BCUT2D eigenvalue weighted by Gasteiger charge is 2.22. The van der Waals surface area contributed by atoms with E-state index < -0.39 is 0 Å². The number of hydrogen-bond donors (Lipinski definition) is 1. The molecule has 1 heterocycles. The summed E-state index contributed by atoms with van der Waals surface area (Å²) in [5.74, 6) is 0. The van der Waals surface area contributed by atoms with Gasteiger partial charge in [-0.25, -0.2) is 4.98 Å². The molecule has 2 nitrogen and oxygen atoms in total. The highest BCUT2D eigenvalue weighted by molar-refractivity contribution is 7.15. The van der Waals surface area contributed by atoms with Gasteiger partial charge in [-0.15, -0.1) is 11.3 Å². The van der Waals surface area contributed by atoms with Crippen molar-refractivity contribution in [3.05, 3.63) is 33.7 Å². The van der Waals surface area contributed by atoms with E-state index in [2.05, 4.69) is 11.1 Å². The van der Waals surface area contributed by atoms with E-state index in [1.165, 1.54) is 10.4 Å². The standard InChI is InChI=1S/C10H7ClN2S/c11-6-2-1-5-3-8-9(7(5)4-6)13-10(12)14-8/h1-2,4H,3H2,(H2,12,13). The molecule has 0 saturated carbocycles. The van der Waals surface area contributed by atoms with Crippen molar-refractivity contribution in [3.63, 3.8) is 0 Å². The van der Waals surface area contributed by atoms with Crippen LogP contribution in [-0.2, 0) is 6.42 Å².